The molecule has 0 unspecified atom stereocenters. The number of nitrogens with zero attached hydrogens (tertiary/aromatic N) is 2. The van der Waals surface area contributed by atoms with Crippen molar-refractivity contribution in [2.45, 2.75) is 13.0 Å². The summed E-state index contributed by atoms with van der Waals surface area (Å²) in [6.07, 6.45) is 2.18. The van der Waals surface area contributed by atoms with E-state index in [1.54, 1.807) is 16.7 Å². The minimum atomic E-state index is -0.594. The maximum Gasteiger partial charge on any atom is 0.261 e. The fraction of sp³-hybridized carbons (Fsp3) is 0.125. The van der Waals surface area contributed by atoms with E-state index in [1.807, 2.05) is 42.5 Å². The van der Waals surface area contributed by atoms with Gasteiger partial charge in [0.05, 0.1) is 17.2 Å². The van der Waals surface area contributed by atoms with Gasteiger partial charge < -0.3 is 10.8 Å². The number of rotatable bonds is 6. The molecule has 0 fully saturated rings. The number of carbonyl (C=O) groups is 1. The molecule has 0 amide bonds. The Morgan fingerprint density at radius 1 is 1.00 bits per heavy atom. The number of hydrogen-bond acceptors (Lipinski definition) is 5. The molecule has 0 atom stereocenters. The van der Waals surface area contributed by atoms with Gasteiger partial charge in [-0.15, -0.1) is 0 Å². The molecule has 3 aromatic carbocycles. The SMILES string of the molecule is Nc1cccc(-c2cccc(CCn3cnc4ccc(C(=O)CO)cc4c3=O)c2)c1. The maximum atomic E-state index is 12.9. The van der Waals surface area contributed by atoms with Gasteiger partial charge in [0.1, 0.15) is 6.61 Å². The fourth-order valence-corrected chi connectivity index (χ4v) is 3.46. The first-order valence-electron chi connectivity index (χ1n) is 9.63. The summed E-state index contributed by atoms with van der Waals surface area (Å²) in [6, 6.07) is 20.5. The van der Waals surface area contributed by atoms with Gasteiger partial charge in [-0.3, -0.25) is 14.2 Å². The number of ketones is 1. The summed E-state index contributed by atoms with van der Waals surface area (Å²) >= 11 is 0. The summed E-state index contributed by atoms with van der Waals surface area (Å²) in [5, 5.41) is 9.42. The van der Waals surface area contributed by atoms with Crippen molar-refractivity contribution in [2.24, 2.45) is 0 Å². The number of carbonyl (C=O) groups excluding carboxylic acids is 1. The monoisotopic (exact) mass is 399 g/mol. The van der Waals surface area contributed by atoms with Gasteiger partial charge in [0.25, 0.3) is 5.56 Å². The van der Waals surface area contributed by atoms with Crippen LogP contribution in [0.3, 0.4) is 0 Å². The molecule has 3 N–H and O–H groups in total. The Balaban J connectivity index is 1.59. The van der Waals surface area contributed by atoms with E-state index in [9.17, 15) is 9.59 Å². The van der Waals surface area contributed by atoms with Crippen molar-refractivity contribution in [1.82, 2.24) is 9.55 Å². The second-order valence-electron chi connectivity index (χ2n) is 7.13. The normalized spacial score (nSPS) is 11.0. The van der Waals surface area contributed by atoms with E-state index in [1.165, 1.54) is 12.4 Å². The van der Waals surface area contributed by atoms with E-state index in [2.05, 4.69) is 11.1 Å². The minimum Gasteiger partial charge on any atom is -0.399 e. The highest BCUT2D eigenvalue weighted by molar-refractivity contribution is 5.99. The molecule has 30 heavy (non-hydrogen) atoms. The number of aromatic nitrogens is 2. The highest BCUT2D eigenvalue weighted by Crippen LogP contribution is 2.22. The van der Waals surface area contributed by atoms with Crippen molar-refractivity contribution >= 4 is 22.4 Å². The van der Waals surface area contributed by atoms with Gasteiger partial charge in [-0.2, -0.15) is 0 Å². The molecule has 6 heteroatoms. The molecule has 4 rings (SSSR count). The third kappa shape index (κ3) is 3.99. The number of nitrogen functional groups attached to an aromatic ring is 1. The molecule has 1 aromatic heterocycles. The van der Waals surface area contributed by atoms with Gasteiger partial charge >= 0.3 is 0 Å². The zero-order chi connectivity index (χ0) is 21.1. The van der Waals surface area contributed by atoms with Crippen LogP contribution >= 0.6 is 0 Å². The lowest BCUT2D eigenvalue weighted by molar-refractivity contribution is 0.0904. The largest absolute Gasteiger partial charge is 0.399 e. The van der Waals surface area contributed by atoms with E-state index in [4.69, 9.17) is 10.8 Å². The van der Waals surface area contributed by atoms with Crippen LogP contribution in [0.5, 0.6) is 0 Å². The first-order valence-corrected chi connectivity index (χ1v) is 9.63. The second kappa shape index (κ2) is 8.31. The molecule has 4 aromatic rings. The van der Waals surface area contributed by atoms with Gasteiger partial charge in [-0.05, 0) is 53.4 Å². The predicted molar refractivity (Wildman–Crippen MR) is 117 cm³/mol. The average Bonchev–Trinajstić information content (AvgIpc) is 2.78. The predicted octanol–water partition coefficient (Wildman–Crippen LogP) is 3.06. The number of nitrogens with two attached hydrogens (primary N) is 1. The Hall–Kier alpha value is -3.77. The molecule has 0 spiro atoms. The van der Waals surface area contributed by atoms with Crippen LogP contribution in [-0.4, -0.2) is 27.0 Å². The summed E-state index contributed by atoms with van der Waals surface area (Å²) in [5.74, 6) is -0.426. The van der Waals surface area contributed by atoms with Crippen molar-refractivity contribution < 1.29 is 9.90 Å². The molecular formula is C24H21N3O3. The van der Waals surface area contributed by atoms with Crippen molar-refractivity contribution in [1.29, 1.82) is 0 Å². The van der Waals surface area contributed by atoms with Crippen molar-refractivity contribution in [3.8, 4) is 11.1 Å². The summed E-state index contributed by atoms with van der Waals surface area (Å²) < 4.78 is 1.54. The number of Topliss-reactive ketones (excluding diaryl/α,β-unsaturated/α-hetero) is 1. The number of benzene rings is 3. The van der Waals surface area contributed by atoms with Crippen LogP contribution in [0, 0.1) is 0 Å². The van der Waals surface area contributed by atoms with Crippen LogP contribution in [0.15, 0.2) is 77.9 Å². The summed E-state index contributed by atoms with van der Waals surface area (Å²) in [4.78, 5) is 29.0. The quantitative estimate of drug-likeness (QED) is 0.384. The second-order valence-corrected chi connectivity index (χ2v) is 7.13. The van der Waals surface area contributed by atoms with Crippen LogP contribution in [0.2, 0.25) is 0 Å². The van der Waals surface area contributed by atoms with Crippen LogP contribution in [0.4, 0.5) is 5.69 Å². The lowest BCUT2D eigenvalue weighted by atomic mass is 10.0. The van der Waals surface area contributed by atoms with Crippen LogP contribution in [0.25, 0.3) is 22.0 Å². The lowest BCUT2D eigenvalue weighted by Crippen LogP contribution is -2.22. The lowest BCUT2D eigenvalue weighted by Gasteiger charge is -2.09. The van der Waals surface area contributed by atoms with Gasteiger partial charge in [0, 0.05) is 17.8 Å². The molecule has 6 nitrogen and oxygen atoms in total. The zero-order valence-corrected chi connectivity index (χ0v) is 16.3. The summed E-state index contributed by atoms with van der Waals surface area (Å²) in [6.45, 7) is -0.135. The number of aliphatic hydroxyl groups is 1. The Morgan fingerprint density at radius 2 is 1.77 bits per heavy atom. The fourth-order valence-electron chi connectivity index (χ4n) is 3.46. The van der Waals surface area contributed by atoms with Crippen molar-refractivity contribution in [2.75, 3.05) is 12.3 Å². The highest BCUT2D eigenvalue weighted by atomic mass is 16.3. The standard InChI is InChI=1S/C24H21N3O3/c25-20-6-2-5-18(12-20)17-4-1-3-16(11-17)9-10-27-15-26-22-8-7-19(23(29)14-28)13-21(22)24(27)30/h1-8,11-13,15,28H,9-10,14,25H2. The summed E-state index contributed by atoms with van der Waals surface area (Å²) in [5.41, 5.74) is 10.4. The third-order valence-corrected chi connectivity index (χ3v) is 5.08. The van der Waals surface area contributed by atoms with Crippen molar-refractivity contribution in [3.05, 3.63) is 94.5 Å². The van der Waals surface area contributed by atoms with Gasteiger partial charge in [0.15, 0.2) is 5.78 Å². The molecule has 0 aliphatic heterocycles. The number of aliphatic hydroxyl groups excluding tert-OH is 1. The molecule has 0 radical (unpaired) electrons. The number of anilines is 1. The van der Waals surface area contributed by atoms with E-state index in [-0.39, 0.29) is 5.56 Å². The Labute approximate surface area is 173 Å². The van der Waals surface area contributed by atoms with Gasteiger partial charge in [-0.25, -0.2) is 4.98 Å². The van der Waals surface area contributed by atoms with Crippen LogP contribution in [0.1, 0.15) is 15.9 Å². The number of aryl methyl sites for hydroxylation is 2. The smallest absolute Gasteiger partial charge is 0.261 e. The first kappa shape index (κ1) is 19.5. The van der Waals surface area contributed by atoms with Crippen LogP contribution < -0.4 is 11.3 Å². The Bertz CT molecular complexity index is 1290. The number of hydrogen-bond donors (Lipinski definition) is 2. The van der Waals surface area contributed by atoms with E-state index >= 15 is 0 Å². The molecule has 0 saturated carbocycles. The molecule has 150 valence electrons. The molecule has 0 saturated heterocycles. The third-order valence-electron chi connectivity index (χ3n) is 5.08. The first-order chi connectivity index (χ1) is 14.5. The molecule has 0 bridgehead atoms. The summed E-state index contributed by atoms with van der Waals surface area (Å²) in [7, 11) is 0. The molecule has 0 aliphatic rings. The van der Waals surface area contributed by atoms with Gasteiger partial charge in [0.2, 0.25) is 0 Å². The average molecular weight is 399 g/mol. The Kier molecular flexibility index (Phi) is 5.41. The van der Waals surface area contributed by atoms with Gasteiger partial charge in [-0.1, -0.05) is 36.4 Å². The van der Waals surface area contributed by atoms with E-state index in [0.29, 0.717) is 35.1 Å². The topological polar surface area (TPSA) is 98.2 Å². The Morgan fingerprint density at radius 3 is 2.53 bits per heavy atom. The van der Waals surface area contributed by atoms with Crippen LogP contribution in [-0.2, 0) is 13.0 Å². The highest BCUT2D eigenvalue weighted by Gasteiger charge is 2.10. The zero-order valence-electron chi connectivity index (χ0n) is 16.3. The van der Waals surface area contributed by atoms with Crippen molar-refractivity contribution in [3.63, 3.8) is 0 Å². The minimum absolute atomic E-state index is 0.209. The van der Waals surface area contributed by atoms with E-state index < -0.39 is 12.4 Å². The molecule has 0 aliphatic carbocycles. The molecule has 1 heterocycles. The number of fused-ring (bicyclic) bond motifs is 1. The van der Waals surface area contributed by atoms with E-state index in [0.717, 1.165) is 16.7 Å². The molecular weight excluding hydrogens is 378 g/mol. The maximum absolute atomic E-state index is 12.9.